The summed E-state index contributed by atoms with van der Waals surface area (Å²) in [6.45, 7) is 2.14. The van der Waals surface area contributed by atoms with Gasteiger partial charge in [-0.2, -0.15) is 0 Å². The van der Waals surface area contributed by atoms with Gasteiger partial charge in [-0.3, -0.25) is 0 Å². The molecule has 13 heavy (non-hydrogen) atoms. The standard InChI is InChI=1S/C12H17N/c1-9-4-2-3-5-11(9)12(13)8-10-6-7-10/h2-5,10,12H,6-8,13H2,1H3. The summed E-state index contributed by atoms with van der Waals surface area (Å²) in [6, 6.07) is 8.70. The Bertz CT molecular complexity index is 289. The lowest BCUT2D eigenvalue weighted by Crippen LogP contribution is -2.12. The first-order valence-corrected chi connectivity index (χ1v) is 5.08. The third-order valence-corrected chi connectivity index (χ3v) is 2.87. The molecule has 0 amide bonds. The van der Waals surface area contributed by atoms with Gasteiger partial charge in [0, 0.05) is 6.04 Å². The Hall–Kier alpha value is -0.820. The molecule has 0 heterocycles. The van der Waals surface area contributed by atoms with Crippen LogP contribution in [-0.2, 0) is 0 Å². The number of rotatable bonds is 3. The van der Waals surface area contributed by atoms with E-state index in [-0.39, 0.29) is 6.04 Å². The Morgan fingerprint density at radius 1 is 1.38 bits per heavy atom. The molecule has 70 valence electrons. The van der Waals surface area contributed by atoms with Gasteiger partial charge in [0.2, 0.25) is 0 Å². The molecule has 2 N–H and O–H groups in total. The second-order valence-electron chi connectivity index (χ2n) is 4.14. The fourth-order valence-corrected chi connectivity index (χ4v) is 1.84. The van der Waals surface area contributed by atoms with E-state index in [1.54, 1.807) is 0 Å². The molecular weight excluding hydrogens is 158 g/mol. The van der Waals surface area contributed by atoms with Crippen LogP contribution in [0.2, 0.25) is 0 Å². The normalized spacial score (nSPS) is 18.6. The molecule has 1 heteroatoms. The van der Waals surface area contributed by atoms with Gasteiger partial charge >= 0.3 is 0 Å². The smallest absolute Gasteiger partial charge is 0.0300 e. The maximum atomic E-state index is 6.14. The monoisotopic (exact) mass is 175 g/mol. The molecule has 1 saturated carbocycles. The topological polar surface area (TPSA) is 26.0 Å². The molecule has 0 saturated heterocycles. The van der Waals surface area contributed by atoms with Gasteiger partial charge in [-0.25, -0.2) is 0 Å². The average molecular weight is 175 g/mol. The lowest BCUT2D eigenvalue weighted by atomic mass is 9.98. The van der Waals surface area contributed by atoms with Crippen molar-refractivity contribution in [2.45, 2.75) is 32.2 Å². The van der Waals surface area contributed by atoms with Crippen molar-refractivity contribution in [2.24, 2.45) is 11.7 Å². The first kappa shape index (κ1) is 8.76. The van der Waals surface area contributed by atoms with E-state index in [1.165, 1.54) is 30.4 Å². The highest BCUT2D eigenvalue weighted by atomic mass is 14.6. The third kappa shape index (κ3) is 2.10. The largest absolute Gasteiger partial charge is 0.324 e. The zero-order chi connectivity index (χ0) is 9.26. The quantitative estimate of drug-likeness (QED) is 0.751. The maximum Gasteiger partial charge on any atom is 0.0300 e. The van der Waals surface area contributed by atoms with Gasteiger partial charge in [0.25, 0.3) is 0 Å². The summed E-state index contributed by atoms with van der Waals surface area (Å²) in [4.78, 5) is 0. The Morgan fingerprint density at radius 2 is 2.08 bits per heavy atom. The zero-order valence-electron chi connectivity index (χ0n) is 8.16. The Balaban J connectivity index is 2.09. The van der Waals surface area contributed by atoms with Gasteiger partial charge in [-0.1, -0.05) is 37.1 Å². The highest BCUT2D eigenvalue weighted by Gasteiger charge is 2.24. The molecule has 0 aliphatic heterocycles. The summed E-state index contributed by atoms with van der Waals surface area (Å²) in [6.07, 6.45) is 3.95. The molecule has 2 rings (SSSR count). The van der Waals surface area contributed by atoms with Crippen LogP contribution in [0.15, 0.2) is 24.3 Å². The summed E-state index contributed by atoms with van der Waals surface area (Å²) in [5.74, 6) is 0.912. The summed E-state index contributed by atoms with van der Waals surface area (Å²) >= 11 is 0. The number of hydrogen-bond donors (Lipinski definition) is 1. The van der Waals surface area contributed by atoms with Gasteiger partial charge in [-0.15, -0.1) is 0 Å². The first-order chi connectivity index (χ1) is 6.27. The van der Waals surface area contributed by atoms with Crippen molar-refractivity contribution in [1.82, 2.24) is 0 Å². The van der Waals surface area contributed by atoms with Crippen LogP contribution in [-0.4, -0.2) is 0 Å². The summed E-state index contributed by atoms with van der Waals surface area (Å²) in [7, 11) is 0. The number of nitrogens with two attached hydrogens (primary N) is 1. The van der Waals surface area contributed by atoms with E-state index in [1.807, 2.05) is 0 Å². The van der Waals surface area contributed by atoms with E-state index in [0.717, 1.165) is 5.92 Å². The van der Waals surface area contributed by atoms with Crippen molar-refractivity contribution in [2.75, 3.05) is 0 Å². The highest BCUT2D eigenvalue weighted by molar-refractivity contribution is 5.28. The second kappa shape index (κ2) is 3.51. The van der Waals surface area contributed by atoms with Gasteiger partial charge in [0.15, 0.2) is 0 Å². The molecular formula is C12H17N. The molecule has 0 bridgehead atoms. The van der Waals surface area contributed by atoms with Crippen LogP contribution in [0, 0.1) is 12.8 Å². The third-order valence-electron chi connectivity index (χ3n) is 2.87. The number of benzene rings is 1. The van der Waals surface area contributed by atoms with Crippen LogP contribution in [0.1, 0.15) is 36.4 Å². The molecule has 1 fully saturated rings. The Kier molecular flexibility index (Phi) is 2.36. The van der Waals surface area contributed by atoms with Gasteiger partial charge < -0.3 is 5.73 Å². The highest BCUT2D eigenvalue weighted by Crippen LogP contribution is 2.37. The number of hydrogen-bond acceptors (Lipinski definition) is 1. The second-order valence-corrected chi connectivity index (χ2v) is 4.14. The minimum Gasteiger partial charge on any atom is -0.324 e. The van der Waals surface area contributed by atoms with Crippen molar-refractivity contribution in [3.63, 3.8) is 0 Å². The van der Waals surface area contributed by atoms with Crippen molar-refractivity contribution < 1.29 is 0 Å². The van der Waals surface area contributed by atoms with Crippen LogP contribution in [0.5, 0.6) is 0 Å². The van der Waals surface area contributed by atoms with E-state index < -0.39 is 0 Å². The summed E-state index contributed by atoms with van der Waals surface area (Å²) < 4.78 is 0. The molecule has 0 radical (unpaired) electrons. The van der Waals surface area contributed by atoms with E-state index in [0.29, 0.717) is 0 Å². The SMILES string of the molecule is Cc1ccccc1C(N)CC1CC1. The number of aryl methyl sites for hydroxylation is 1. The van der Waals surface area contributed by atoms with Gasteiger partial charge in [0.05, 0.1) is 0 Å². The van der Waals surface area contributed by atoms with Crippen LogP contribution >= 0.6 is 0 Å². The van der Waals surface area contributed by atoms with Gasteiger partial charge in [0.1, 0.15) is 0 Å². The van der Waals surface area contributed by atoms with Crippen molar-refractivity contribution in [3.8, 4) is 0 Å². The molecule has 1 aliphatic carbocycles. The van der Waals surface area contributed by atoms with Crippen LogP contribution in [0.3, 0.4) is 0 Å². The van der Waals surface area contributed by atoms with Gasteiger partial charge in [-0.05, 0) is 30.4 Å². The molecule has 1 aliphatic rings. The Morgan fingerprint density at radius 3 is 2.69 bits per heavy atom. The summed E-state index contributed by atoms with van der Waals surface area (Å²) in [5.41, 5.74) is 8.79. The van der Waals surface area contributed by atoms with Crippen LogP contribution < -0.4 is 5.73 Å². The molecule has 1 unspecified atom stereocenters. The van der Waals surface area contributed by atoms with Crippen molar-refractivity contribution in [1.29, 1.82) is 0 Å². The van der Waals surface area contributed by atoms with Crippen LogP contribution in [0.25, 0.3) is 0 Å². The van der Waals surface area contributed by atoms with E-state index >= 15 is 0 Å². The fourth-order valence-electron chi connectivity index (χ4n) is 1.84. The van der Waals surface area contributed by atoms with E-state index in [2.05, 4.69) is 31.2 Å². The van der Waals surface area contributed by atoms with E-state index in [9.17, 15) is 0 Å². The zero-order valence-corrected chi connectivity index (χ0v) is 8.16. The molecule has 1 aromatic carbocycles. The van der Waals surface area contributed by atoms with Crippen molar-refractivity contribution in [3.05, 3.63) is 35.4 Å². The average Bonchev–Trinajstić information content (AvgIpc) is 2.89. The lowest BCUT2D eigenvalue weighted by Gasteiger charge is -2.13. The minimum atomic E-state index is 0.258. The molecule has 0 aromatic heterocycles. The Labute approximate surface area is 80.0 Å². The summed E-state index contributed by atoms with van der Waals surface area (Å²) in [5, 5.41) is 0. The van der Waals surface area contributed by atoms with Crippen molar-refractivity contribution >= 4 is 0 Å². The fraction of sp³-hybridized carbons (Fsp3) is 0.500. The maximum absolute atomic E-state index is 6.14. The molecule has 0 spiro atoms. The first-order valence-electron chi connectivity index (χ1n) is 5.08. The predicted octanol–water partition coefficient (Wildman–Crippen LogP) is 2.79. The minimum absolute atomic E-state index is 0.258. The lowest BCUT2D eigenvalue weighted by molar-refractivity contribution is 0.594. The molecule has 1 nitrogen and oxygen atoms in total. The van der Waals surface area contributed by atoms with Crippen LogP contribution in [0.4, 0.5) is 0 Å². The molecule has 1 aromatic rings. The van der Waals surface area contributed by atoms with E-state index in [4.69, 9.17) is 5.73 Å². The molecule has 1 atom stereocenters. The predicted molar refractivity (Wildman–Crippen MR) is 55.4 cm³/mol.